The van der Waals surface area contributed by atoms with Crippen LogP contribution in [-0.4, -0.2) is 30.7 Å². The minimum Gasteiger partial charge on any atom is -0.490 e. The van der Waals surface area contributed by atoms with Crippen molar-refractivity contribution < 1.29 is 19.0 Å². The second kappa shape index (κ2) is 8.79. The van der Waals surface area contributed by atoms with Gasteiger partial charge >= 0.3 is 4.87 Å². The van der Waals surface area contributed by atoms with Crippen molar-refractivity contribution in [3.63, 3.8) is 0 Å². The molecular formula is C20H22N2O5S. The van der Waals surface area contributed by atoms with E-state index in [2.05, 4.69) is 10.3 Å². The molecule has 0 atom stereocenters. The highest BCUT2D eigenvalue weighted by atomic mass is 32.1. The van der Waals surface area contributed by atoms with Crippen molar-refractivity contribution in [1.29, 1.82) is 0 Å². The number of aromatic amines is 1. The number of benzene rings is 2. The van der Waals surface area contributed by atoms with Crippen LogP contribution in [0.5, 0.6) is 17.2 Å². The fraction of sp³-hybridized carbons (Fsp3) is 0.300. The molecule has 148 valence electrons. The number of H-pyrrole nitrogens is 1. The van der Waals surface area contributed by atoms with Crippen LogP contribution in [0.3, 0.4) is 0 Å². The summed E-state index contributed by atoms with van der Waals surface area (Å²) in [6, 6.07) is 8.54. The summed E-state index contributed by atoms with van der Waals surface area (Å²) in [5, 5.41) is 2.85. The Morgan fingerprint density at radius 1 is 1.00 bits per heavy atom. The third-order valence-corrected chi connectivity index (χ3v) is 4.70. The van der Waals surface area contributed by atoms with E-state index < -0.39 is 0 Å². The molecular weight excluding hydrogens is 380 g/mol. The molecule has 7 nitrogen and oxygen atoms in total. The molecule has 8 heteroatoms. The maximum absolute atomic E-state index is 12.8. The van der Waals surface area contributed by atoms with E-state index in [0.717, 1.165) is 21.6 Å². The van der Waals surface area contributed by atoms with Crippen LogP contribution in [0.2, 0.25) is 0 Å². The number of anilines is 1. The third-order valence-electron chi connectivity index (χ3n) is 3.85. The number of hydrogen-bond acceptors (Lipinski definition) is 6. The van der Waals surface area contributed by atoms with Gasteiger partial charge in [-0.2, -0.15) is 0 Å². The zero-order valence-electron chi connectivity index (χ0n) is 16.0. The Hall–Kier alpha value is -3.00. The molecule has 1 aromatic heterocycles. The van der Waals surface area contributed by atoms with Crippen molar-refractivity contribution in [2.45, 2.75) is 20.8 Å². The van der Waals surface area contributed by atoms with E-state index in [1.54, 1.807) is 30.3 Å². The number of carbonyl (C=O) groups excluding carboxylic acids is 1. The summed E-state index contributed by atoms with van der Waals surface area (Å²) >= 11 is 1.10. The number of amides is 1. The number of thiazole rings is 1. The normalized spacial score (nSPS) is 10.7. The van der Waals surface area contributed by atoms with Gasteiger partial charge in [-0.15, -0.1) is 0 Å². The van der Waals surface area contributed by atoms with Crippen LogP contribution in [0.4, 0.5) is 5.69 Å². The van der Waals surface area contributed by atoms with E-state index in [1.807, 2.05) is 20.8 Å². The van der Waals surface area contributed by atoms with Gasteiger partial charge in [-0.1, -0.05) is 11.3 Å². The molecule has 0 fully saturated rings. The number of hydrogen-bond donors (Lipinski definition) is 2. The second-order valence-corrected chi connectivity index (χ2v) is 6.80. The van der Waals surface area contributed by atoms with Gasteiger partial charge in [-0.3, -0.25) is 9.59 Å². The lowest BCUT2D eigenvalue weighted by Gasteiger charge is -2.17. The zero-order chi connectivity index (χ0) is 20.1. The SMILES string of the molecule is CCOc1cc(C(=O)Nc2ccc3[nH]c(=O)sc3c2)cc(OCC)c1OCC. The number of fused-ring (bicyclic) bond motifs is 1. The first-order chi connectivity index (χ1) is 13.5. The highest BCUT2D eigenvalue weighted by molar-refractivity contribution is 7.16. The molecule has 0 bridgehead atoms. The number of aromatic nitrogens is 1. The fourth-order valence-electron chi connectivity index (χ4n) is 2.75. The van der Waals surface area contributed by atoms with Gasteiger partial charge in [-0.05, 0) is 51.1 Å². The summed E-state index contributed by atoms with van der Waals surface area (Å²) in [5.41, 5.74) is 1.72. The van der Waals surface area contributed by atoms with E-state index in [4.69, 9.17) is 14.2 Å². The van der Waals surface area contributed by atoms with Crippen LogP contribution >= 0.6 is 11.3 Å². The van der Waals surface area contributed by atoms with Crippen molar-refractivity contribution in [1.82, 2.24) is 4.98 Å². The van der Waals surface area contributed by atoms with Gasteiger partial charge in [-0.25, -0.2) is 0 Å². The molecule has 0 spiro atoms. The van der Waals surface area contributed by atoms with E-state index >= 15 is 0 Å². The van der Waals surface area contributed by atoms with Gasteiger partial charge in [0.15, 0.2) is 11.5 Å². The zero-order valence-corrected chi connectivity index (χ0v) is 16.8. The topological polar surface area (TPSA) is 89.7 Å². The van der Waals surface area contributed by atoms with Crippen molar-refractivity contribution in [3.8, 4) is 17.2 Å². The molecule has 3 aromatic rings. The number of nitrogens with one attached hydrogen (secondary N) is 2. The van der Waals surface area contributed by atoms with E-state index in [9.17, 15) is 9.59 Å². The molecule has 1 amide bonds. The van der Waals surface area contributed by atoms with E-state index in [1.165, 1.54) is 0 Å². The summed E-state index contributed by atoms with van der Waals surface area (Å²) < 4.78 is 17.8. The summed E-state index contributed by atoms with van der Waals surface area (Å²) in [6.07, 6.45) is 0. The largest absolute Gasteiger partial charge is 0.490 e. The van der Waals surface area contributed by atoms with E-state index in [0.29, 0.717) is 48.3 Å². The summed E-state index contributed by atoms with van der Waals surface area (Å²) in [7, 11) is 0. The summed E-state index contributed by atoms with van der Waals surface area (Å²) in [4.78, 5) is 26.9. The van der Waals surface area contributed by atoms with Gasteiger partial charge in [0.1, 0.15) is 0 Å². The average Bonchev–Trinajstić information content (AvgIpc) is 3.03. The lowest BCUT2D eigenvalue weighted by Crippen LogP contribution is -2.13. The van der Waals surface area contributed by atoms with Crippen LogP contribution in [0.25, 0.3) is 10.2 Å². The molecule has 0 aliphatic carbocycles. The highest BCUT2D eigenvalue weighted by Gasteiger charge is 2.18. The minimum atomic E-state index is -0.313. The molecule has 0 saturated carbocycles. The van der Waals surface area contributed by atoms with Crippen LogP contribution in [-0.2, 0) is 0 Å². The number of rotatable bonds is 8. The fourth-order valence-corrected chi connectivity index (χ4v) is 3.52. The van der Waals surface area contributed by atoms with Gasteiger partial charge in [0, 0.05) is 11.3 Å². The summed E-state index contributed by atoms with van der Waals surface area (Å²) in [6.45, 7) is 6.91. The van der Waals surface area contributed by atoms with Crippen LogP contribution < -0.4 is 24.4 Å². The van der Waals surface area contributed by atoms with E-state index in [-0.39, 0.29) is 10.8 Å². The Morgan fingerprint density at radius 3 is 2.25 bits per heavy atom. The van der Waals surface area contributed by atoms with Gasteiger partial charge in [0.25, 0.3) is 5.91 Å². The smallest absolute Gasteiger partial charge is 0.305 e. The van der Waals surface area contributed by atoms with Gasteiger partial charge in [0.05, 0.1) is 30.0 Å². The molecule has 2 aromatic carbocycles. The van der Waals surface area contributed by atoms with Gasteiger partial charge < -0.3 is 24.5 Å². The maximum atomic E-state index is 12.8. The standard InChI is InChI=1S/C20H22N2O5S/c1-4-25-15-9-12(10-16(26-5-2)18(15)27-6-3)19(23)21-13-7-8-14-17(11-13)28-20(24)22-14/h7-11H,4-6H2,1-3H3,(H,21,23)(H,22,24). The quantitative estimate of drug-likeness (QED) is 0.594. The number of ether oxygens (including phenoxy) is 3. The predicted molar refractivity (Wildman–Crippen MR) is 110 cm³/mol. The first kappa shape index (κ1) is 19.8. The molecule has 2 N–H and O–H groups in total. The lowest BCUT2D eigenvalue weighted by atomic mass is 10.1. The molecule has 0 aliphatic heterocycles. The van der Waals surface area contributed by atoms with Crippen molar-refractivity contribution in [3.05, 3.63) is 45.6 Å². The molecule has 0 unspecified atom stereocenters. The van der Waals surface area contributed by atoms with Crippen molar-refractivity contribution in [2.24, 2.45) is 0 Å². The Bertz CT molecular complexity index is 1010. The van der Waals surface area contributed by atoms with Gasteiger partial charge in [0.2, 0.25) is 5.75 Å². The van der Waals surface area contributed by atoms with Crippen LogP contribution in [0, 0.1) is 0 Å². The Balaban J connectivity index is 1.93. The Labute approximate surface area is 166 Å². The Kier molecular flexibility index (Phi) is 6.20. The molecule has 3 rings (SSSR count). The monoisotopic (exact) mass is 402 g/mol. The maximum Gasteiger partial charge on any atom is 0.305 e. The first-order valence-corrected chi connectivity index (χ1v) is 9.88. The predicted octanol–water partition coefficient (Wildman–Crippen LogP) is 4.04. The highest BCUT2D eigenvalue weighted by Crippen LogP contribution is 2.39. The third kappa shape index (κ3) is 4.28. The molecule has 28 heavy (non-hydrogen) atoms. The number of carbonyl (C=O) groups is 1. The molecule has 0 radical (unpaired) electrons. The average molecular weight is 402 g/mol. The lowest BCUT2D eigenvalue weighted by molar-refractivity contribution is 0.102. The second-order valence-electron chi connectivity index (χ2n) is 5.78. The van der Waals surface area contributed by atoms with Crippen molar-refractivity contribution in [2.75, 3.05) is 25.1 Å². The Morgan fingerprint density at radius 2 is 1.64 bits per heavy atom. The minimum absolute atomic E-state index is 0.132. The molecule has 1 heterocycles. The first-order valence-electron chi connectivity index (χ1n) is 9.06. The summed E-state index contributed by atoms with van der Waals surface area (Å²) in [5.74, 6) is 1.09. The van der Waals surface area contributed by atoms with Crippen LogP contribution in [0.15, 0.2) is 35.1 Å². The van der Waals surface area contributed by atoms with Crippen LogP contribution in [0.1, 0.15) is 31.1 Å². The molecule has 0 saturated heterocycles. The molecule has 0 aliphatic rings. The van der Waals surface area contributed by atoms with Crippen molar-refractivity contribution >= 4 is 33.1 Å².